The number of carbonyl (C=O) groups is 2. The third-order valence-electron chi connectivity index (χ3n) is 3.05. The molecule has 0 atom stereocenters. The number of primary amides is 1. The molecule has 0 fully saturated rings. The molecule has 2 rings (SSSR count). The number of amides is 2. The molecule has 0 aliphatic rings. The number of hydrogen-bond acceptors (Lipinski definition) is 5. The molecule has 1 aromatic heterocycles. The van der Waals surface area contributed by atoms with E-state index in [0.29, 0.717) is 37.5 Å². The lowest BCUT2D eigenvalue weighted by atomic mass is 10.2. The fourth-order valence-corrected chi connectivity index (χ4v) is 1.93. The molecule has 0 spiro atoms. The summed E-state index contributed by atoms with van der Waals surface area (Å²) in [6, 6.07) is 10.2. The molecule has 1 aromatic carbocycles. The topological polar surface area (TPSA) is 104 Å². The van der Waals surface area contributed by atoms with Crippen LogP contribution in [-0.4, -0.2) is 31.6 Å². The van der Waals surface area contributed by atoms with Gasteiger partial charge >= 0.3 is 0 Å². The predicted octanol–water partition coefficient (Wildman–Crippen LogP) is 1.48. The number of rotatable bonds is 10. The van der Waals surface area contributed by atoms with Gasteiger partial charge in [-0.3, -0.25) is 9.59 Å². The maximum atomic E-state index is 12.0. The van der Waals surface area contributed by atoms with E-state index in [9.17, 15) is 9.59 Å². The van der Waals surface area contributed by atoms with Gasteiger partial charge in [0, 0.05) is 18.7 Å². The molecule has 0 aliphatic heterocycles. The Balaban J connectivity index is 1.66. The second-order valence-corrected chi connectivity index (χ2v) is 5.02. The van der Waals surface area contributed by atoms with Crippen molar-refractivity contribution in [1.82, 2.24) is 5.32 Å². The lowest BCUT2D eigenvalue weighted by Gasteiger charge is -2.08. The van der Waals surface area contributed by atoms with E-state index < -0.39 is 5.91 Å². The van der Waals surface area contributed by atoms with Crippen LogP contribution in [0.15, 0.2) is 47.1 Å². The third-order valence-corrected chi connectivity index (χ3v) is 3.05. The number of nitrogens with one attached hydrogen (secondary N) is 1. The molecular weight excluding hydrogens is 312 g/mol. The second-order valence-electron chi connectivity index (χ2n) is 5.02. The van der Waals surface area contributed by atoms with E-state index in [0.717, 1.165) is 5.76 Å². The van der Waals surface area contributed by atoms with Gasteiger partial charge in [0.15, 0.2) is 6.61 Å². The molecule has 0 saturated heterocycles. The summed E-state index contributed by atoms with van der Waals surface area (Å²) in [5.74, 6) is 0.403. The minimum absolute atomic E-state index is 0.217. The highest BCUT2D eigenvalue weighted by molar-refractivity contribution is 5.94. The maximum absolute atomic E-state index is 12.0. The molecular formula is C17H20N2O5. The van der Waals surface area contributed by atoms with Crippen LogP contribution in [0.4, 0.5) is 0 Å². The summed E-state index contributed by atoms with van der Waals surface area (Å²) in [4.78, 5) is 22.7. The molecule has 24 heavy (non-hydrogen) atoms. The SMILES string of the molecule is NC(=O)COc1cccc(C(=O)NCCCOCc2ccco2)c1. The molecule has 3 N–H and O–H groups in total. The second kappa shape index (κ2) is 9.36. The van der Waals surface area contributed by atoms with Gasteiger partial charge in [-0.2, -0.15) is 0 Å². The van der Waals surface area contributed by atoms with Crippen LogP contribution < -0.4 is 15.8 Å². The number of carbonyl (C=O) groups excluding carboxylic acids is 2. The largest absolute Gasteiger partial charge is 0.484 e. The molecule has 0 unspecified atom stereocenters. The first-order valence-corrected chi connectivity index (χ1v) is 7.54. The van der Waals surface area contributed by atoms with Gasteiger partial charge < -0.3 is 24.9 Å². The monoisotopic (exact) mass is 332 g/mol. The van der Waals surface area contributed by atoms with Crippen molar-refractivity contribution in [2.75, 3.05) is 19.8 Å². The Hall–Kier alpha value is -2.80. The highest BCUT2D eigenvalue weighted by Crippen LogP contribution is 2.13. The average Bonchev–Trinajstić information content (AvgIpc) is 3.09. The van der Waals surface area contributed by atoms with Gasteiger partial charge in [-0.05, 0) is 36.8 Å². The molecule has 2 amide bonds. The smallest absolute Gasteiger partial charge is 0.255 e. The van der Waals surface area contributed by atoms with E-state index in [1.807, 2.05) is 6.07 Å². The number of furan rings is 1. The van der Waals surface area contributed by atoms with Crippen LogP contribution in [0.1, 0.15) is 22.5 Å². The molecule has 1 heterocycles. The fraction of sp³-hybridized carbons (Fsp3) is 0.294. The Morgan fingerprint density at radius 2 is 2.08 bits per heavy atom. The van der Waals surface area contributed by atoms with Crippen LogP contribution in [0.5, 0.6) is 5.75 Å². The Bertz CT molecular complexity index is 655. The normalized spacial score (nSPS) is 10.3. The zero-order chi connectivity index (χ0) is 17.2. The number of ether oxygens (including phenoxy) is 2. The first-order chi connectivity index (χ1) is 11.6. The van der Waals surface area contributed by atoms with E-state index >= 15 is 0 Å². The van der Waals surface area contributed by atoms with Crippen LogP contribution in [0, 0.1) is 0 Å². The summed E-state index contributed by atoms with van der Waals surface area (Å²) >= 11 is 0. The Labute approximate surface area is 139 Å². The zero-order valence-corrected chi connectivity index (χ0v) is 13.2. The van der Waals surface area contributed by atoms with Crippen molar-refractivity contribution < 1.29 is 23.5 Å². The number of nitrogens with two attached hydrogens (primary N) is 1. The average molecular weight is 332 g/mol. The van der Waals surface area contributed by atoms with E-state index in [1.54, 1.807) is 36.6 Å². The number of hydrogen-bond donors (Lipinski definition) is 2. The first kappa shape index (κ1) is 17.6. The van der Waals surface area contributed by atoms with Crippen LogP contribution in [0.2, 0.25) is 0 Å². The van der Waals surface area contributed by atoms with Gasteiger partial charge in [-0.25, -0.2) is 0 Å². The van der Waals surface area contributed by atoms with Crippen molar-refractivity contribution >= 4 is 11.8 Å². The third kappa shape index (κ3) is 6.13. The van der Waals surface area contributed by atoms with E-state index in [-0.39, 0.29) is 12.5 Å². The number of benzene rings is 1. The molecule has 128 valence electrons. The summed E-state index contributed by atoms with van der Waals surface area (Å²) in [7, 11) is 0. The van der Waals surface area contributed by atoms with Crippen molar-refractivity contribution in [2.45, 2.75) is 13.0 Å². The van der Waals surface area contributed by atoms with E-state index in [2.05, 4.69) is 5.32 Å². The van der Waals surface area contributed by atoms with Gasteiger partial charge in [-0.15, -0.1) is 0 Å². The summed E-state index contributed by atoms with van der Waals surface area (Å²) in [6.07, 6.45) is 2.28. The summed E-state index contributed by atoms with van der Waals surface area (Å²) in [5, 5.41) is 2.80. The quantitative estimate of drug-likeness (QED) is 0.641. The van der Waals surface area contributed by atoms with Crippen molar-refractivity contribution in [1.29, 1.82) is 0 Å². The van der Waals surface area contributed by atoms with Gasteiger partial charge in [0.25, 0.3) is 11.8 Å². The summed E-state index contributed by atoms with van der Waals surface area (Å²) in [5.41, 5.74) is 5.47. The molecule has 0 radical (unpaired) electrons. The van der Waals surface area contributed by atoms with Gasteiger partial charge in [0.2, 0.25) is 0 Å². The highest BCUT2D eigenvalue weighted by Gasteiger charge is 2.07. The molecule has 0 bridgehead atoms. The van der Waals surface area contributed by atoms with Gasteiger partial charge in [0.05, 0.1) is 6.26 Å². The fourth-order valence-electron chi connectivity index (χ4n) is 1.93. The van der Waals surface area contributed by atoms with Crippen LogP contribution in [0.3, 0.4) is 0 Å². The molecule has 2 aromatic rings. The lowest BCUT2D eigenvalue weighted by molar-refractivity contribution is -0.119. The summed E-state index contributed by atoms with van der Waals surface area (Å²) in [6.45, 7) is 1.20. The lowest BCUT2D eigenvalue weighted by Crippen LogP contribution is -2.25. The van der Waals surface area contributed by atoms with Gasteiger partial charge in [-0.1, -0.05) is 6.07 Å². The van der Waals surface area contributed by atoms with Crippen LogP contribution >= 0.6 is 0 Å². The minimum atomic E-state index is -0.570. The van der Waals surface area contributed by atoms with E-state index in [1.165, 1.54) is 0 Å². The van der Waals surface area contributed by atoms with Crippen LogP contribution in [0.25, 0.3) is 0 Å². The first-order valence-electron chi connectivity index (χ1n) is 7.54. The molecule has 7 heteroatoms. The zero-order valence-electron chi connectivity index (χ0n) is 13.2. The Morgan fingerprint density at radius 1 is 1.21 bits per heavy atom. The molecule has 0 saturated carbocycles. The van der Waals surface area contributed by atoms with Crippen molar-refractivity contribution in [3.05, 3.63) is 54.0 Å². The predicted molar refractivity (Wildman–Crippen MR) is 86.4 cm³/mol. The minimum Gasteiger partial charge on any atom is -0.484 e. The summed E-state index contributed by atoms with van der Waals surface area (Å²) < 4.78 is 15.7. The van der Waals surface area contributed by atoms with Crippen molar-refractivity contribution in [2.24, 2.45) is 5.73 Å². The Kier molecular flexibility index (Phi) is 6.85. The standard InChI is InChI=1S/C17H20N2O5/c18-16(20)12-24-14-5-1-4-13(10-14)17(21)19-7-3-8-22-11-15-6-2-9-23-15/h1-2,4-6,9-10H,3,7-8,11-12H2,(H2,18,20)(H,19,21). The van der Waals surface area contributed by atoms with Crippen LogP contribution in [-0.2, 0) is 16.1 Å². The van der Waals surface area contributed by atoms with Crippen molar-refractivity contribution in [3.63, 3.8) is 0 Å². The van der Waals surface area contributed by atoms with Gasteiger partial charge in [0.1, 0.15) is 18.1 Å². The van der Waals surface area contributed by atoms with Crippen molar-refractivity contribution in [3.8, 4) is 5.75 Å². The maximum Gasteiger partial charge on any atom is 0.255 e. The highest BCUT2D eigenvalue weighted by atomic mass is 16.5. The molecule has 0 aliphatic carbocycles. The molecule has 7 nitrogen and oxygen atoms in total. The van der Waals surface area contributed by atoms with E-state index in [4.69, 9.17) is 19.6 Å². The Morgan fingerprint density at radius 3 is 2.83 bits per heavy atom.